The van der Waals surface area contributed by atoms with Gasteiger partial charge in [0.2, 0.25) is 0 Å². The minimum absolute atomic E-state index is 0.0513. The van der Waals surface area contributed by atoms with E-state index in [1.165, 1.54) is 24.3 Å². The minimum Gasteiger partial charge on any atom is -0.493 e. The average molecular weight is 462 g/mol. The standard InChI is InChI=1S/C22H23FN2O6S/c1-24(2)22(26)25(15-18-5-4-12-30-18)14-16-6-11-20(29-3)21(13-16)31-32(27,28)19-9-7-17(23)8-10-19/h4-13H,14-15H2,1-3H3. The van der Waals surface area contributed by atoms with E-state index in [-0.39, 0.29) is 35.5 Å². The second-order valence-corrected chi connectivity index (χ2v) is 8.64. The summed E-state index contributed by atoms with van der Waals surface area (Å²) in [5, 5.41) is 0. The first kappa shape index (κ1) is 23.1. The Morgan fingerprint density at radius 3 is 2.34 bits per heavy atom. The van der Waals surface area contributed by atoms with Crippen molar-refractivity contribution in [1.82, 2.24) is 9.80 Å². The molecule has 2 amide bonds. The summed E-state index contributed by atoms with van der Waals surface area (Å²) >= 11 is 0. The highest BCUT2D eigenvalue weighted by Gasteiger charge is 2.22. The molecular weight excluding hydrogens is 439 g/mol. The van der Waals surface area contributed by atoms with E-state index in [4.69, 9.17) is 13.3 Å². The molecule has 0 saturated carbocycles. The van der Waals surface area contributed by atoms with Crippen LogP contribution in [0.3, 0.4) is 0 Å². The lowest BCUT2D eigenvalue weighted by molar-refractivity contribution is 0.161. The number of hydrogen-bond acceptors (Lipinski definition) is 6. The number of methoxy groups -OCH3 is 1. The van der Waals surface area contributed by atoms with Gasteiger partial charge in [-0.2, -0.15) is 8.42 Å². The summed E-state index contributed by atoms with van der Waals surface area (Å²) in [6.45, 7) is 0.384. The predicted molar refractivity (Wildman–Crippen MR) is 114 cm³/mol. The first-order chi connectivity index (χ1) is 15.2. The van der Waals surface area contributed by atoms with Crippen LogP contribution in [0.1, 0.15) is 11.3 Å². The van der Waals surface area contributed by atoms with Crippen molar-refractivity contribution in [2.45, 2.75) is 18.0 Å². The summed E-state index contributed by atoms with van der Waals surface area (Å²) in [6, 6.07) is 12.3. The van der Waals surface area contributed by atoms with Gasteiger partial charge in [0, 0.05) is 20.6 Å². The molecule has 2 aromatic carbocycles. The van der Waals surface area contributed by atoms with Crippen molar-refractivity contribution in [2.75, 3.05) is 21.2 Å². The maximum absolute atomic E-state index is 13.2. The van der Waals surface area contributed by atoms with Crippen LogP contribution in [0.2, 0.25) is 0 Å². The smallest absolute Gasteiger partial charge is 0.339 e. The van der Waals surface area contributed by atoms with E-state index in [2.05, 4.69) is 0 Å². The maximum Gasteiger partial charge on any atom is 0.339 e. The van der Waals surface area contributed by atoms with Gasteiger partial charge in [0.1, 0.15) is 16.5 Å². The highest BCUT2D eigenvalue weighted by atomic mass is 32.2. The molecular formula is C22H23FN2O6S. The quantitative estimate of drug-likeness (QED) is 0.472. The highest BCUT2D eigenvalue weighted by Crippen LogP contribution is 2.31. The molecule has 0 saturated heterocycles. The van der Waals surface area contributed by atoms with E-state index in [1.54, 1.807) is 43.3 Å². The Bertz CT molecular complexity index is 1160. The number of hydrogen-bond donors (Lipinski definition) is 0. The lowest BCUT2D eigenvalue weighted by atomic mass is 10.2. The van der Waals surface area contributed by atoms with Crippen molar-refractivity contribution >= 4 is 16.1 Å². The Labute approximate surface area is 185 Å². The highest BCUT2D eigenvalue weighted by molar-refractivity contribution is 7.87. The van der Waals surface area contributed by atoms with Gasteiger partial charge in [0.25, 0.3) is 0 Å². The van der Waals surface area contributed by atoms with E-state index in [0.717, 1.165) is 24.3 Å². The van der Waals surface area contributed by atoms with E-state index < -0.39 is 15.9 Å². The molecule has 3 aromatic rings. The van der Waals surface area contributed by atoms with Gasteiger partial charge < -0.3 is 23.1 Å². The normalized spacial score (nSPS) is 11.1. The van der Waals surface area contributed by atoms with Gasteiger partial charge in [-0.3, -0.25) is 0 Å². The number of halogens is 1. The Morgan fingerprint density at radius 2 is 1.75 bits per heavy atom. The molecule has 0 radical (unpaired) electrons. The van der Waals surface area contributed by atoms with Gasteiger partial charge in [-0.05, 0) is 54.1 Å². The summed E-state index contributed by atoms with van der Waals surface area (Å²) in [5.41, 5.74) is 0.608. The first-order valence-electron chi connectivity index (χ1n) is 9.55. The molecule has 0 aliphatic rings. The maximum atomic E-state index is 13.2. The monoisotopic (exact) mass is 462 g/mol. The third-order valence-corrected chi connectivity index (χ3v) is 5.73. The second-order valence-electron chi connectivity index (χ2n) is 7.09. The van der Waals surface area contributed by atoms with Gasteiger partial charge >= 0.3 is 16.1 Å². The van der Waals surface area contributed by atoms with E-state index in [1.807, 2.05) is 0 Å². The molecule has 0 aliphatic carbocycles. The van der Waals surface area contributed by atoms with Crippen molar-refractivity contribution in [3.8, 4) is 11.5 Å². The zero-order chi connectivity index (χ0) is 23.3. The van der Waals surface area contributed by atoms with Crippen molar-refractivity contribution in [1.29, 1.82) is 0 Å². The molecule has 8 nitrogen and oxygen atoms in total. The lowest BCUT2D eigenvalue weighted by Crippen LogP contribution is -2.38. The molecule has 1 aromatic heterocycles. The number of amides is 2. The van der Waals surface area contributed by atoms with Gasteiger partial charge in [0.15, 0.2) is 11.5 Å². The van der Waals surface area contributed by atoms with Crippen LogP contribution in [0.5, 0.6) is 11.5 Å². The molecule has 3 rings (SSSR count). The van der Waals surface area contributed by atoms with Crippen molar-refractivity contribution in [2.24, 2.45) is 0 Å². The van der Waals surface area contributed by atoms with E-state index in [9.17, 15) is 17.6 Å². The van der Waals surface area contributed by atoms with Gasteiger partial charge in [0.05, 0.1) is 19.9 Å². The summed E-state index contributed by atoms with van der Waals surface area (Å²) in [7, 11) is 0.419. The average Bonchev–Trinajstić information content (AvgIpc) is 3.26. The van der Waals surface area contributed by atoms with Crippen molar-refractivity contribution in [3.05, 3.63) is 78.0 Å². The molecule has 0 atom stereocenters. The molecule has 0 aliphatic heterocycles. The Balaban J connectivity index is 1.88. The zero-order valence-electron chi connectivity index (χ0n) is 17.8. The Hall–Kier alpha value is -3.53. The molecule has 1 heterocycles. The Morgan fingerprint density at radius 1 is 1.03 bits per heavy atom. The van der Waals surface area contributed by atoms with Gasteiger partial charge in [-0.15, -0.1) is 0 Å². The van der Waals surface area contributed by atoms with Crippen LogP contribution in [0.4, 0.5) is 9.18 Å². The SMILES string of the molecule is COc1ccc(CN(Cc2ccco2)C(=O)N(C)C)cc1OS(=O)(=O)c1ccc(F)cc1. The van der Waals surface area contributed by atoms with Crippen LogP contribution in [0.15, 0.2) is 70.2 Å². The minimum atomic E-state index is -4.23. The predicted octanol–water partition coefficient (Wildman–Crippen LogP) is 3.88. The number of benzene rings is 2. The molecule has 10 heteroatoms. The first-order valence-corrected chi connectivity index (χ1v) is 11.0. The van der Waals surface area contributed by atoms with E-state index in [0.29, 0.717) is 11.3 Å². The van der Waals surface area contributed by atoms with Crippen LogP contribution in [-0.4, -0.2) is 45.5 Å². The fourth-order valence-electron chi connectivity index (χ4n) is 2.94. The fourth-order valence-corrected chi connectivity index (χ4v) is 3.87. The summed E-state index contributed by atoms with van der Waals surface area (Å²) in [4.78, 5) is 15.4. The lowest BCUT2D eigenvalue weighted by Gasteiger charge is -2.25. The molecule has 0 N–H and O–H groups in total. The number of nitrogens with zero attached hydrogens (tertiary/aromatic N) is 2. The number of ether oxygens (including phenoxy) is 1. The summed E-state index contributed by atoms with van der Waals surface area (Å²) in [5.74, 6) is 0.176. The van der Waals surface area contributed by atoms with Crippen LogP contribution in [-0.2, 0) is 23.2 Å². The number of rotatable bonds is 8. The van der Waals surface area contributed by atoms with Gasteiger partial charge in [-0.25, -0.2) is 9.18 Å². The third-order valence-electron chi connectivity index (χ3n) is 4.48. The topological polar surface area (TPSA) is 89.3 Å². The number of carbonyl (C=O) groups is 1. The second kappa shape index (κ2) is 9.73. The van der Waals surface area contributed by atoms with Crippen molar-refractivity contribution in [3.63, 3.8) is 0 Å². The molecule has 0 unspecified atom stereocenters. The fraction of sp³-hybridized carbons (Fsp3) is 0.227. The van der Waals surface area contributed by atoms with Crippen LogP contribution >= 0.6 is 0 Å². The molecule has 32 heavy (non-hydrogen) atoms. The Kier molecular flexibility index (Phi) is 7.04. The third kappa shape index (κ3) is 5.58. The van der Waals surface area contributed by atoms with Crippen LogP contribution in [0.25, 0.3) is 0 Å². The summed E-state index contributed by atoms with van der Waals surface area (Å²) < 4.78 is 54.3. The van der Waals surface area contributed by atoms with Crippen LogP contribution < -0.4 is 8.92 Å². The number of carbonyl (C=O) groups excluding carboxylic acids is 1. The molecule has 0 spiro atoms. The molecule has 0 fully saturated rings. The number of furan rings is 1. The van der Waals surface area contributed by atoms with Gasteiger partial charge in [-0.1, -0.05) is 6.07 Å². The van der Waals surface area contributed by atoms with Crippen LogP contribution in [0, 0.1) is 5.82 Å². The molecule has 170 valence electrons. The number of urea groups is 1. The van der Waals surface area contributed by atoms with E-state index >= 15 is 0 Å². The summed E-state index contributed by atoms with van der Waals surface area (Å²) in [6.07, 6.45) is 1.52. The molecule has 0 bridgehead atoms. The largest absolute Gasteiger partial charge is 0.493 e. The zero-order valence-corrected chi connectivity index (χ0v) is 18.6. The van der Waals surface area contributed by atoms with Crippen molar-refractivity contribution < 1.29 is 30.9 Å².